The van der Waals surface area contributed by atoms with Crippen LogP contribution in [-0.2, 0) is 4.79 Å². The Hall–Kier alpha value is -1.00. The molecule has 1 aliphatic carbocycles. The molecular formula is C16H22O3S. The van der Waals surface area contributed by atoms with Gasteiger partial charge in [-0.1, -0.05) is 17.7 Å². The smallest absolute Gasteiger partial charge is 0.306 e. The molecule has 0 unspecified atom stereocenters. The Labute approximate surface area is 124 Å². The van der Waals surface area contributed by atoms with Gasteiger partial charge in [0, 0.05) is 10.6 Å². The highest BCUT2D eigenvalue weighted by molar-refractivity contribution is 7.99. The summed E-state index contributed by atoms with van der Waals surface area (Å²) in [6, 6.07) is 6.33. The highest BCUT2D eigenvalue weighted by Gasteiger charge is 2.35. The van der Waals surface area contributed by atoms with Gasteiger partial charge in [0.25, 0.3) is 0 Å². The fourth-order valence-corrected chi connectivity index (χ4v) is 3.88. The van der Waals surface area contributed by atoms with E-state index < -0.39 is 11.6 Å². The van der Waals surface area contributed by atoms with Crippen molar-refractivity contribution in [2.24, 2.45) is 5.92 Å². The van der Waals surface area contributed by atoms with Crippen molar-refractivity contribution in [3.8, 4) is 0 Å². The van der Waals surface area contributed by atoms with Gasteiger partial charge in [-0.3, -0.25) is 4.79 Å². The van der Waals surface area contributed by atoms with Crippen molar-refractivity contribution in [1.82, 2.24) is 0 Å². The molecule has 2 rings (SSSR count). The zero-order valence-electron chi connectivity index (χ0n) is 12.1. The van der Waals surface area contributed by atoms with Crippen LogP contribution >= 0.6 is 11.8 Å². The van der Waals surface area contributed by atoms with Gasteiger partial charge in [-0.2, -0.15) is 0 Å². The molecule has 0 atom stereocenters. The molecule has 1 aromatic carbocycles. The van der Waals surface area contributed by atoms with Crippen molar-refractivity contribution in [2.45, 2.75) is 50.0 Å². The lowest BCUT2D eigenvalue weighted by atomic mass is 9.80. The highest BCUT2D eigenvalue weighted by atomic mass is 32.2. The topological polar surface area (TPSA) is 57.5 Å². The maximum atomic E-state index is 10.9. The van der Waals surface area contributed by atoms with Gasteiger partial charge < -0.3 is 10.2 Å². The molecule has 3 nitrogen and oxygen atoms in total. The summed E-state index contributed by atoms with van der Waals surface area (Å²) < 4.78 is 0. The Kier molecular flexibility index (Phi) is 4.76. The monoisotopic (exact) mass is 294 g/mol. The molecule has 0 radical (unpaired) electrons. The molecule has 0 spiro atoms. The number of benzene rings is 1. The molecule has 0 aliphatic heterocycles. The molecule has 1 aromatic rings. The summed E-state index contributed by atoms with van der Waals surface area (Å²) in [6.07, 6.45) is 2.34. The molecule has 110 valence electrons. The van der Waals surface area contributed by atoms with E-state index in [1.165, 1.54) is 16.0 Å². The molecule has 20 heavy (non-hydrogen) atoms. The molecule has 0 bridgehead atoms. The molecule has 0 amide bonds. The number of hydrogen-bond donors (Lipinski definition) is 2. The third-order valence-corrected chi connectivity index (χ3v) is 5.54. The number of hydrogen-bond acceptors (Lipinski definition) is 3. The normalized spacial score (nSPS) is 26.4. The van der Waals surface area contributed by atoms with Crippen LogP contribution in [0, 0.1) is 19.8 Å². The van der Waals surface area contributed by atoms with Gasteiger partial charge in [0.1, 0.15) is 0 Å². The first-order valence-electron chi connectivity index (χ1n) is 7.05. The molecule has 0 heterocycles. The Morgan fingerprint density at radius 1 is 1.35 bits per heavy atom. The Morgan fingerprint density at radius 2 is 2.00 bits per heavy atom. The first kappa shape index (κ1) is 15.4. The minimum Gasteiger partial charge on any atom is -0.481 e. The molecule has 1 saturated carbocycles. The standard InChI is InChI=1S/C16H22O3S/c1-11-3-4-14(12(2)9-11)20-10-16(19)7-5-13(6-8-16)15(17)18/h3-4,9,13,19H,5-8,10H2,1-2H3,(H,17,18). The average Bonchev–Trinajstić information content (AvgIpc) is 2.38. The lowest BCUT2D eigenvalue weighted by Gasteiger charge is -2.34. The summed E-state index contributed by atoms with van der Waals surface area (Å²) in [4.78, 5) is 12.1. The molecule has 4 heteroatoms. The molecular weight excluding hydrogens is 272 g/mol. The van der Waals surface area contributed by atoms with E-state index in [2.05, 4.69) is 32.0 Å². The van der Waals surface area contributed by atoms with Crippen molar-refractivity contribution in [1.29, 1.82) is 0 Å². The Bertz CT molecular complexity index is 490. The lowest BCUT2D eigenvalue weighted by Crippen LogP contribution is -2.38. The number of carboxylic acid groups (broad SMARTS) is 1. The predicted octanol–water partition coefficient (Wildman–Crippen LogP) is 3.40. The van der Waals surface area contributed by atoms with Crippen LogP contribution in [0.2, 0.25) is 0 Å². The van der Waals surface area contributed by atoms with Gasteiger partial charge in [-0.15, -0.1) is 11.8 Å². The van der Waals surface area contributed by atoms with E-state index in [0.29, 0.717) is 31.4 Å². The molecule has 2 N–H and O–H groups in total. The largest absolute Gasteiger partial charge is 0.481 e. The third-order valence-electron chi connectivity index (χ3n) is 4.09. The molecule has 1 fully saturated rings. The maximum absolute atomic E-state index is 10.9. The number of rotatable bonds is 4. The number of aryl methyl sites for hydroxylation is 2. The van der Waals surface area contributed by atoms with Gasteiger partial charge in [0.2, 0.25) is 0 Å². The van der Waals surface area contributed by atoms with Gasteiger partial charge in [0.15, 0.2) is 0 Å². The Balaban J connectivity index is 1.92. The van der Waals surface area contributed by atoms with Crippen molar-refractivity contribution >= 4 is 17.7 Å². The van der Waals surface area contributed by atoms with Crippen LogP contribution < -0.4 is 0 Å². The van der Waals surface area contributed by atoms with E-state index in [-0.39, 0.29) is 5.92 Å². The zero-order valence-corrected chi connectivity index (χ0v) is 12.9. The van der Waals surface area contributed by atoms with Crippen LogP contribution in [0.3, 0.4) is 0 Å². The number of thioether (sulfide) groups is 1. The molecule has 0 saturated heterocycles. The minimum atomic E-state index is -0.728. The van der Waals surface area contributed by atoms with Gasteiger partial charge in [-0.05, 0) is 51.2 Å². The van der Waals surface area contributed by atoms with Crippen LogP contribution in [0.25, 0.3) is 0 Å². The zero-order chi connectivity index (χ0) is 14.8. The number of aliphatic hydroxyl groups is 1. The van der Waals surface area contributed by atoms with E-state index in [0.717, 1.165) is 0 Å². The average molecular weight is 294 g/mol. The maximum Gasteiger partial charge on any atom is 0.306 e. The summed E-state index contributed by atoms with van der Waals surface area (Å²) in [5.41, 5.74) is 1.76. The van der Waals surface area contributed by atoms with Crippen LogP contribution in [0.5, 0.6) is 0 Å². The van der Waals surface area contributed by atoms with E-state index in [4.69, 9.17) is 5.11 Å². The van der Waals surface area contributed by atoms with E-state index in [9.17, 15) is 9.90 Å². The van der Waals surface area contributed by atoms with Crippen molar-refractivity contribution in [3.63, 3.8) is 0 Å². The number of aliphatic carboxylic acids is 1. The second kappa shape index (κ2) is 6.19. The minimum absolute atomic E-state index is 0.276. The van der Waals surface area contributed by atoms with Gasteiger partial charge in [0.05, 0.1) is 11.5 Å². The molecule has 1 aliphatic rings. The second-order valence-electron chi connectivity index (χ2n) is 5.89. The first-order chi connectivity index (χ1) is 9.39. The Morgan fingerprint density at radius 3 is 2.55 bits per heavy atom. The summed E-state index contributed by atoms with van der Waals surface area (Å²) >= 11 is 1.67. The highest BCUT2D eigenvalue weighted by Crippen LogP contribution is 2.37. The van der Waals surface area contributed by atoms with Gasteiger partial charge >= 0.3 is 5.97 Å². The van der Waals surface area contributed by atoms with Crippen LogP contribution in [0.1, 0.15) is 36.8 Å². The summed E-state index contributed by atoms with van der Waals surface area (Å²) in [5.74, 6) is -0.362. The number of carboxylic acids is 1. The summed E-state index contributed by atoms with van der Waals surface area (Å²) in [7, 11) is 0. The quantitative estimate of drug-likeness (QED) is 0.836. The van der Waals surface area contributed by atoms with E-state index in [1.54, 1.807) is 11.8 Å². The first-order valence-corrected chi connectivity index (χ1v) is 8.03. The van der Waals surface area contributed by atoms with Gasteiger partial charge in [-0.25, -0.2) is 0 Å². The van der Waals surface area contributed by atoms with Crippen molar-refractivity contribution in [3.05, 3.63) is 29.3 Å². The number of carbonyl (C=O) groups is 1. The van der Waals surface area contributed by atoms with Crippen molar-refractivity contribution in [2.75, 3.05) is 5.75 Å². The summed E-state index contributed by atoms with van der Waals surface area (Å²) in [6.45, 7) is 4.16. The summed E-state index contributed by atoms with van der Waals surface area (Å²) in [5, 5.41) is 19.6. The van der Waals surface area contributed by atoms with Crippen LogP contribution in [0.4, 0.5) is 0 Å². The van der Waals surface area contributed by atoms with Crippen LogP contribution in [-0.4, -0.2) is 27.5 Å². The van der Waals surface area contributed by atoms with Crippen LogP contribution in [0.15, 0.2) is 23.1 Å². The fourth-order valence-electron chi connectivity index (χ4n) is 2.72. The van der Waals surface area contributed by atoms with E-state index in [1.807, 2.05) is 0 Å². The third kappa shape index (κ3) is 3.76. The molecule has 0 aromatic heterocycles. The fraction of sp³-hybridized carbons (Fsp3) is 0.562. The van der Waals surface area contributed by atoms with Crippen molar-refractivity contribution < 1.29 is 15.0 Å². The lowest BCUT2D eigenvalue weighted by molar-refractivity contribution is -0.144. The predicted molar refractivity (Wildman–Crippen MR) is 81.2 cm³/mol. The second-order valence-corrected chi connectivity index (χ2v) is 6.91. The van der Waals surface area contributed by atoms with E-state index >= 15 is 0 Å². The SMILES string of the molecule is Cc1ccc(SCC2(O)CCC(C(=O)O)CC2)c(C)c1.